The van der Waals surface area contributed by atoms with Gasteiger partial charge in [-0.1, -0.05) is 0 Å². The smallest absolute Gasteiger partial charge is 0.312 e. The topological polar surface area (TPSA) is 72.9 Å². The van der Waals surface area contributed by atoms with Gasteiger partial charge in [-0.3, -0.25) is 4.68 Å². The molecular formula is C8H14N4O. The van der Waals surface area contributed by atoms with Gasteiger partial charge in [-0.25, -0.2) is 4.79 Å². The number of amides is 2. The number of carbonyl (C=O) groups excluding carboxylic acids is 1. The van der Waals surface area contributed by atoms with E-state index < -0.39 is 6.03 Å². The van der Waals surface area contributed by atoms with Crippen molar-refractivity contribution in [3.63, 3.8) is 0 Å². The number of rotatable bonds is 2. The van der Waals surface area contributed by atoms with Crippen molar-refractivity contribution in [3.05, 3.63) is 17.5 Å². The fourth-order valence-corrected chi connectivity index (χ4v) is 1.23. The Morgan fingerprint density at radius 1 is 1.77 bits per heavy atom. The van der Waals surface area contributed by atoms with Crippen LogP contribution in [-0.2, 0) is 7.05 Å². The molecule has 0 aliphatic rings. The van der Waals surface area contributed by atoms with E-state index in [1.54, 1.807) is 10.9 Å². The second kappa shape index (κ2) is 3.47. The van der Waals surface area contributed by atoms with E-state index >= 15 is 0 Å². The van der Waals surface area contributed by atoms with E-state index in [9.17, 15) is 4.79 Å². The van der Waals surface area contributed by atoms with Gasteiger partial charge in [-0.2, -0.15) is 5.10 Å². The van der Waals surface area contributed by atoms with E-state index in [4.69, 9.17) is 5.73 Å². The zero-order valence-electron chi connectivity index (χ0n) is 8.03. The minimum atomic E-state index is -0.518. The average Bonchev–Trinajstić information content (AvgIpc) is 2.31. The highest BCUT2D eigenvalue weighted by Gasteiger charge is 2.12. The highest BCUT2D eigenvalue weighted by atomic mass is 16.2. The molecule has 1 atom stereocenters. The molecule has 0 aromatic carbocycles. The van der Waals surface area contributed by atoms with E-state index in [-0.39, 0.29) is 6.04 Å². The lowest BCUT2D eigenvalue weighted by Gasteiger charge is -2.10. The van der Waals surface area contributed by atoms with Gasteiger partial charge in [0, 0.05) is 18.3 Å². The number of nitrogens with zero attached hydrogens (tertiary/aromatic N) is 2. The van der Waals surface area contributed by atoms with Gasteiger partial charge in [0.1, 0.15) is 0 Å². The van der Waals surface area contributed by atoms with Crippen molar-refractivity contribution >= 4 is 6.03 Å². The summed E-state index contributed by atoms with van der Waals surface area (Å²) >= 11 is 0. The molecule has 0 spiro atoms. The second-order valence-corrected chi connectivity index (χ2v) is 3.04. The Kier molecular flexibility index (Phi) is 2.55. The van der Waals surface area contributed by atoms with Crippen LogP contribution in [0.1, 0.15) is 24.2 Å². The van der Waals surface area contributed by atoms with E-state index in [1.807, 2.05) is 20.9 Å². The van der Waals surface area contributed by atoms with Crippen molar-refractivity contribution < 1.29 is 4.79 Å². The highest BCUT2D eigenvalue weighted by molar-refractivity contribution is 5.72. The molecule has 0 fully saturated rings. The van der Waals surface area contributed by atoms with Crippen molar-refractivity contribution in [1.29, 1.82) is 0 Å². The predicted molar refractivity (Wildman–Crippen MR) is 49.1 cm³/mol. The number of carbonyl (C=O) groups is 1. The summed E-state index contributed by atoms with van der Waals surface area (Å²) in [5.41, 5.74) is 7.03. The molecule has 1 rings (SSSR count). The van der Waals surface area contributed by atoms with E-state index in [0.717, 1.165) is 11.3 Å². The zero-order chi connectivity index (χ0) is 10.0. The fourth-order valence-electron chi connectivity index (χ4n) is 1.23. The normalized spacial score (nSPS) is 12.5. The summed E-state index contributed by atoms with van der Waals surface area (Å²) in [4.78, 5) is 10.6. The summed E-state index contributed by atoms with van der Waals surface area (Å²) in [6.07, 6.45) is 1.73. The molecule has 0 saturated carbocycles. The number of hydrogen-bond acceptors (Lipinski definition) is 2. The summed E-state index contributed by atoms with van der Waals surface area (Å²) in [7, 11) is 1.86. The average molecular weight is 182 g/mol. The SMILES string of the molecule is Cc1c(C(C)NC(N)=O)cnn1C. The largest absolute Gasteiger partial charge is 0.352 e. The number of urea groups is 1. The molecular weight excluding hydrogens is 168 g/mol. The molecule has 1 aromatic heterocycles. The Morgan fingerprint density at radius 3 is 2.77 bits per heavy atom. The van der Waals surface area contributed by atoms with Crippen LogP contribution in [0.2, 0.25) is 0 Å². The molecule has 0 radical (unpaired) electrons. The number of nitrogens with one attached hydrogen (secondary N) is 1. The lowest BCUT2D eigenvalue weighted by atomic mass is 10.1. The molecule has 0 saturated heterocycles. The molecule has 1 heterocycles. The minimum Gasteiger partial charge on any atom is -0.352 e. The molecule has 0 bridgehead atoms. The minimum absolute atomic E-state index is 0.0915. The summed E-state index contributed by atoms with van der Waals surface area (Å²) < 4.78 is 1.76. The molecule has 0 aliphatic carbocycles. The van der Waals surface area contributed by atoms with Crippen molar-refractivity contribution in [2.24, 2.45) is 12.8 Å². The van der Waals surface area contributed by atoms with Crippen LogP contribution in [0.15, 0.2) is 6.20 Å². The van der Waals surface area contributed by atoms with E-state index in [1.165, 1.54) is 0 Å². The zero-order valence-corrected chi connectivity index (χ0v) is 8.03. The van der Waals surface area contributed by atoms with Crippen molar-refractivity contribution in [2.45, 2.75) is 19.9 Å². The molecule has 0 aliphatic heterocycles. The highest BCUT2D eigenvalue weighted by Crippen LogP contribution is 2.15. The lowest BCUT2D eigenvalue weighted by molar-refractivity contribution is 0.246. The third-order valence-electron chi connectivity index (χ3n) is 2.10. The molecule has 13 heavy (non-hydrogen) atoms. The molecule has 5 heteroatoms. The Balaban J connectivity index is 2.82. The van der Waals surface area contributed by atoms with Gasteiger partial charge in [0.05, 0.1) is 12.2 Å². The van der Waals surface area contributed by atoms with Crippen LogP contribution in [0.25, 0.3) is 0 Å². The van der Waals surface area contributed by atoms with Crippen LogP contribution in [0, 0.1) is 6.92 Å². The van der Waals surface area contributed by atoms with Crippen molar-refractivity contribution in [2.75, 3.05) is 0 Å². The van der Waals surface area contributed by atoms with Crippen LogP contribution in [-0.4, -0.2) is 15.8 Å². The summed E-state index contributed by atoms with van der Waals surface area (Å²) in [5, 5.41) is 6.67. The van der Waals surface area contributed by atoms with Gasteiger partial charge in [-0.15, -0.1) is 0 Å². The van der Waals surface area contributed by atoms with Gasteiger partial charge in [0.15, 0.2) is 0 Å². The second-order valence-electron chi connectivity index (χ2n) is 3.04. The predicted octanol–water partition coefficient (Wildman–Crippen LogP) is 0.458. The number of hydrogen-bond donors (Lipinski definition) is 2. The van der Waals surface area contributed by atoms with Crippen LogP contribution in [0.4, 0.5) is 4.79 Å². The maximum absolute atomic E-state index is 10.6. The van der Waals surface area contributed by atoms with Gasteiger partial charge in [0.2, 0.25) is 0 Å². The van der Waals surface area contributed by atoms with Crippen LogP contribution in [0.3, 0.4) is 0 Å². The molecule has 2 amide bonds. The quantitative estimate of drug-likeness (QED) is 0.697. The summed E-state index contributed by atoms with van der Waals surface area (Å²) in [5.74, 6) is 0. The third kappa shape index (κ3) is 1.99. The third-order valence-corrected chi connectivity index (χ3v) is 2.10. The first-order chi connectivity index (χ1) is 6.02. The van der Waals surface area contributed by atoms with Crippen molar-refractivity contribution in [1.82, 2.24) is 15.1 Å². The Morgan fingerprint density at radius 2 is 2.38 bits per heavy atom. The molecule has 1 aromatic rings. The Labute approximate surface area is 76.9 Å². The Hall–Kier alpha value is -1.52. The van der Waals surface area contributed by atoms with Gasteiger partial charge < -0.3 is 11.1 Å². The summed E-state index contributed by atoms with van der Waals surface area (Å²) in [6.45, 7) is 3.82. The molecule has 3 N–H and O–H groups in total. The Bertz CT molecular complexity index is 318. The first kappa shape index (κ1) is 9.57. The standard InChI is InChI=1S/C8H14N4O/c1-5(11-8(9)13)7-4-10-12(3)6(7)2/h4-5H,1-3H3,(H3,9,11,13). The number of aryl methyl sites for hydroxylation is 1. The van der Waals surface area contributed by atoms with Gasteiger partial charge in [0.25, 0.3) is 0 Å². The number of aromatic nitrogens is 2. The fraction of sp³-hybridized carbons (Fsp3) is 0.500. The number of nitrogens with two attached hydrogens (primary N) is 1. The lowest BCUT2D eigenvalue weighted by Crippen LogP contribution is -2.31. The van der Waals surface area contributed by atoms with Crippen LogP contribution in [0.5, 0.6) is 0 Å². The van der Waals surface area contributed by atoms with Crippen molar-refractivity contribution in [3.8, 4) is 0 Å². The van der Waals surface area contributed by atoms with Gasteiger partial charge >= 0.3 is 6.03 Å². The first-order valence-electron chi connectivity index (χ1n) is 4.07. The monoisotopic (exact) mass is 182 g/mol. The van der Waals surface area contributed by atoms with Crippen LogP contribution < -0.4 is 11.1 Å². The van der Waals surface area contributed by atoms with E-state index in [2.05, 4.69) is 10.4 Å². The molecule has 5 nitrogen and oxygen atoms in total. The first-order valence-corrected chi connectivity index (χ1v) is 4.07. The summed E-state index contributed by atoms with van der Waals surface area (Å²) in [6, 6.07) is -0.609. The maximum atomic E-state index is 10.6. The van der Waals surface area contributed by atoms with Crippen LogP contribution >= 0.6 is 0 Å². The van der Waals surface area contributed by atoms with E-state index in [0.29, 0.717) is 0 Å². The number of primary amides is 1. The molecule has 72 valence electrons. The maximum Gasteiger partial charge on any atom is 0.312 e. The molecule has 1 unspecified atom stereocenters. The van der Waals surface area contributed by atoms with Gasteiger partial charge in [-0.05, 0) is 13.8 Å².